The van der Waals surface area contributed by atoms with Crippen molar-refractivity contribution < 1.29 is 0 Å². The summed E-state index contributed by atoms with van der Waals surface area (Å²) >= 11 is 0. The number of pyridine rings is 3. The summed E-state index contributed by atoms with van der Waals surface area (Å²) in [7, 11) is 0. The van der Waals surface area contributed by atoms with Gasteiger partial charge in [-0.3, -0.25) is 14.4 Å². The maximum atomic E-state index is 5.02. The zero-order valence-corrected chi connectivity index (χ0v) is 14.9. The summed E-state index contributed by atoms with van der Waals surface area (Å²) in [6.45, 7) is 0. The van der Waals surface area contributed by atoms with Crippen molar-refractivity contribution in [1.29, 1.82) is 0 Å². The second-order valence-corrected chi connectivity index (χ2v) is 7.36. The van der Waals surface area contributed by atoms with Gasteiger partial charge in [0.05, 0.1) is 22.7 Å². The molecule has 0 radical (unpaired) electrons. The summed E-state index contributed by atoms with van der Waals surface area (Å²) in [6.07, 6.45) is 6.51. The number of nitrogens with zero attached hydrogens (tertiary/aromatic N) is 4. The van der Waals surface area contributed by atoms with Crippen LogP contribution in [0.3, 0.4) is 0 Å². The van der Waals surface area contributed by atoms with E-state index in [1.165, 1.54) is 27.6 Å². The molecule has 0 saturated heterocycles. The van der Waals surface area contributed by atoms with Crippen LogP contribution in [-0.2, 0) is 6.42 Å². The van der Waals surface area contributed by atoms with Crippen LogP contribution < -0.4 is 0 Å². The summed E-state index contributed by atoms with van der Waals surface area (Å²) in [5, 5.41) is 2.34. The van der Waals surface area contributed by atoms with E-state index in [0.717, 1.165) is 39.5 Å². The maximum absolute atomic E-state index is 5.02. The first-order chi connectivity index (χ1) is 13.9. The molecule has 0 spiro atoms. The lowest BCUT2D eigenvalue weighted by Crippen LogP contribution is -1.95. The number of fused-ring (bicyclic) bond motifs is 12. The Labute approximate surface area is 160 Å². The van der Waals surface area contributed by atoms with Crippen LogP contribution in [0.25, 0.3) is 49.6 Å². The fourth-order valence-corrected chi connectivity index (χ4v) is 4.78. The van der Waals surface area contributed by atoms with Crippen molar-refractivity contribution in [2.75, 3.05) is 0 Å². The second-order valence-electron chi connectivity index (χ2n) is 7.36. The van der Waals surface area contributed by atoms with Crippen molar-refractivity contribution in [3.05, 3.63) is 84.3 Å². The number of imidazole rings is 1. The first-order valence-corrected chi connectivity index (χ1v) is 9.43. The van der Waals surface area contributed by atoms with E-state index in [1.807, 2.05) is 30.7 Å². The maximum Gasteiger partial charge on any atom is 0.147 e. The van der Waals surface area contributed by atoms with Crippen LogP contribution in [0.4, 0.5) is 0 Å². The highest BCUT2D eigenvalue weighted by molar-refractivity contribution is 6.18. The zero-order chi connectivity index (χ0) is 18.2. The average Bonchev–Trinajstić information content (AvgIpc) is 3.32. The molecule has 7 rings (SSSR count). The minimum Gasteiger partial charge on any atom is -0.290 e. The van der Waals surface area contributed by atoms with Gasteiger partial charge in [0.1, 0.15) is 11.2 Å². The number of hydrogen-bond acceptors (Lipinski definition) is 3. The summed E-state index contributed by atoms with van der Waals surface area (Å²) in [5.41, 5.74) is 10.4. The van der Waals surface area contributed by atoms with Crippen LogP contribution in [0.2, 0.25) is 0 Å². The Morgan fingerprint density at radius 2 is 1.79 bits per heavy atom. The third kappa shape index (κ3) is 1.63. The lowest BCUT2D eigenvalue weighted by atomic mass is 9.97. The largest absolute Gasteiger partial charge is 0.290 e. The molecule has 4 heterocycles. The fraction of sp³-hybridized carbons (Fsp3) is 0.0417. The molecule has 6 aromatic rings. The summed E-state index contributed by atoms with van der Waals surface area (Å²) in [4.78, 5) is 14.1. The number of aromatic nitrogens is 4. The molecule has 0 unspecified atom stereocenters. The molecule has 0 fully saturated rings. The molecule has 28 heavy (non-hydrogen) atoms. The van der Waals surface area contributed by atoms with Crippen LogP contribution in [0, 0.1) is 0 Å². The van der Waals surface area contributed by atoms with E-state index in [2.05, 4.69) is 51.8 Å². The van der Waals surface area contributed by atoms with E-state index < -0.39 is 0 Å². The van der Waals surface area contributed by atoms with Gasteiger partial charge in [-0.15, -0.1) is 0 Å². The lowest BCUT2D eigenvalue weighted by molar-refractivity contribution is 1.26. The van der Waals surface area contributed by atoms with E-state index in [-0.39, 0.29) is 0 Å². The van der Waals surface area contributed by atoms with Crippen molar-refractivity contribution in [2.24, 2.45) is 0 Å². The van der Waals surface area contributed by atoms with Crippen LogP contribution in [0.15, 0.2) is 73.2 Å². The van der Waals surface area contributed by atoms with Gasteiger partial charge in [0.2, 0.25) is 0 Å². The summed E-state index contributed by atoms with van der Waals surface area (Å²) < 4.78 is 2.24. The lowest BCUT2D eigenvalue weighted by Gasteiger charge is -2.12. The molecule has 130 valence electrons. The van der Waals surface area contributed by atoms with Crippen LogP contribution in [0.5, 0.6) is 0 Å². The van der Waals surface area contributed by atoms with Gasteiger partial charge in [0, 0.05) is 23.2 Å². The monoisotopic (exact) mass is 358 g/mol. The molecule has 0 atom stereocenters. The molecule has 4 nitrogen and oxygen atoms in total. The van der Waals surface area contributed by atoms with E-state index in [1.54, 1.807) is 0 Å². The van der Waals surface area contributed by atoms with E-state index in [0.29, 0.717) is 0 Å². The molecule has 4 aromatic heterocycles. The fourth-order valence-electron chi connectivity index (χ4n) is 4.78. The molecule has 0 N–H and O–H groups in total. The van der Waals surface area contributed by atoms with Crippen LogP contribution >= 0.6 is 0 Å². The standard InChI is InChI=1S/C24H14N4/c1-2-5-16-14(4-1)12-15-7-8-17-22(21(15)16)24-27-18-13-25-11-9-19(18)28(24)20-6-3-10-26-23(17)20/h1-11,13H,12H2. The van der Waals surface area contributed by atoms with E-state index >= 15 is 0 Å². The normalized spacial score (nSPS) is 12.9. The predicted octanol–water partition coefficient (Wildman–Crippen LogP) is 5.16. The molecule has 0 amide bonds. The Hall–Kier alpha value is -3.79. The quantitative estimate of drug-likeness (QED) is 0.352. The molecular weight excluding hydrogens is 344 g/mol. The highest BCUT2D eigenvalue weighted by atomic mass is 15.0. The van der Waals surface area contributed by atoms with Crippen molar-refractivity contribution in [2.45, 2.75) is 6.42 Å². The summed E-state index contributed by atoms with van der Waals surface area (Å²) in [5.74, 6) is 0. The van der Waals surface area contributed by atoms with Gasteiger partial charge in [-0.25, -0.2) is 4.98 Å². The van der Waals surface area contributed by atoms with Gasteiger partial charge in [-0.05, 0) is 46.9 Å². The molecule has 0 aliphatic heterocycles. The van der Waals surface area contributed by atoms with Crippen molar-refractivity contribution in [1.82, 2.24) is 19.4 Å². The molecule has 0 saturated carbocycles. The molecular formula is C24H14N4. The molecule has 1 aliphatic carbocycles. The molecule has 4 heteroatoms. The van der Waals surface area contributed by atoms with Gasteiger partial charge in [-0.1, -0.05) is 36.4 Å². The smallest absolute Gasteiger partial charge is 0.147 e. The van der Waals surface area contributed by atoms with Crippen molar-refractivity contribution in [3.63, 3.8) is 0 Å². The Bertz CT molecular complexity index is 1590. The second kappa shape index (κ2) is 4.93. The molecule has 1 aliphatic rings. The van der Waals surface area contributed by atoms with Crippen LogP contribution in [-0.4, -0.2) is 19.4 Å². The third-order valence-corrected chi connectivity index (χ3v) is 5.92. The predicted molar refractivity (Wildman–Crippen MR) is 112 cm³/mol. The molecule has 2 aromatic carbocycles. The van der Waals surface area contributed by atoms with Gasteiger partial charge in [0.25, 0.3) is 0 Å². The third-order valence-electron chi connectivity index (χ3n) is 5.92. The van der Waals surface area contributed by atoms with E-state index in [4.69, 9.17) is 9.97 Å². The van der Waals surface area contributed by atoms with Crippen molar-refractivity contribution in [3.8, 4) is 11.1 Å². The minimum atomic E-state index is 0.907. The summed E-state index contributed by atoms with van der Waals surface area (Å²) in [6, 6.07) is 19.3. The number of benzene rings is 2. The minimum absolute atomic E-state index is 0.907. The topological polar surface area (TPSA) is 43.1 Å². The van der Waals surface area contributed by atoms with Gasteiger partial charge >= 0.3 is 0 Å². The van der Waals surface area contributed by atoms with Crippen molar-refractivity contribution >= 4 is 38.5 Å². The number of hydrogen-bond donors (Lipinski definition) is 0. The van der Waals surface area contributed by atoms with Crippen LogP contribution in [0.1, 0.15) is 11.1 Å². The number of rotatable bonds is 0. The Balaban J connectivity index is 1.84. The SMILES string of the molecule is c1ccc2c(c1)Cc1ccc3c4ncccc4n4c5ccncc5nc4c3c1-2. The Morgan fingerprint density at radius 3 is 2.79 bits per heavy atom. The Morgan fingerprint density at radius 1 is 0.821 bits per heavy atom. The first kappa shape index (κ1) is 14.3. The van der Waals surface area contributed by atoms with Gasteiger partial charge in [-0.2, -0.15) is 0 Å². The highest BCUT2D eigenvalue weighted by Gasteiger charge is 2.24. The van der Waals surface area contributed by atoms with Gasteiger partial charge < -0.3 is 0 Å². The van der Waals surface area contributed by atoms with Gasteiger partial charge in [0.15, 0.2) is 0 Å². The average molecular weight is 358 g/mol. The Kier molecular flexibility index (Phi) is 2.51. The van der Waals surface area contributed by atoms with E-state index in [9.17, 15) is 0 Å². The zero-order valence-electron chi connectivity index (χ0n) is 14.9. The highest BCUT2D eigenvalue weighted by Crippen LogP contribution is 2.44. The first-order valence-electron chi connectivity index (χ1n) is 9.43. The molecule has 0 bridgehead atoms.